The Morgan fingerprint density at radius 1 is 1.32 bits per heavy atom. The molecule has 1 atom stereocenters. The van der Waals surface area contributed by atoms with Crippen molar-refractivity contribution >= 4 is 11.9 Å². The minimum absolute atomic E-state index is 0.122. The van der Waals surface area contributed by atoms with E-state index >= 15 is 0 Å². The number of nitrogens with zero attached hydrogens (tertiary/aromatic N) is 3. The van der Waals surface area contributed by atoms with Gasteiger partial charge in [0, 0.05) is 25.7 Å². The van der Waals surface area contributed by atoms with Gasteiger partial charge in [-0.15, -0.1) is 0 Å². The van der Waals surface area contributed by atoms with Crippen molar-refractivity contribution in [2.24, 2.45) is 0 Å². The predicted octanol–water partition coefficient (Wildman–Crippen LogP) is 1.34. The van der Waals surface area contributed by atoms with Crippen LogP contribution in [0.5, 0.6) is 5.75 Å². The molecule has 0 saturated carbocycles. The molecule has 7 nitrogen and oxygen atoms in total. The lowest BCUT2D eigenvalue weighted by Crippen LogP contribution is -2.49. The molecular weight excluding hydrogens is 320 g/mol. The Hall–Kier alpha value is -2.59. The first-order chi connectivity index (χ1) is 11.9. The molecule has 1 aromatic rings. The van der Waals surface area contributed by atoms with Crippen LogP contribution in [0, 0.1) is 11.3 Å². The number of benzene rings is 1. The molecule has 3 amide bonds. The molecule has 0 bridgehead atoms. The molecule has 0 aliphatic carbocycles. The Morgan fingerprint density at radius 3 is 2.64 bits per heavy atom. The molecule has 2 fully saturated rings. The zero-order chi connectivity index (χ0) is 18.0. The van der Waals surface area contributed by atoms with Crippen molar-refractivity contribution in [3.63, 3.8) is 0 Å². The number of hydrogen-bond acceptors (Lipinski definition) is 5. The first-order valence-corrected chi connectivity index (χ1v) is 8.46. The van der Waals surface area contributed by atoms with Gasteiger partial charge in [-0.25, -0.2) is 4.79 Å². The molecule has 1 spiro atoms. The molecule has 2 heterocycles. The number of nitrogens with one attached hydrogen (secondary N) is 1. The van der Waals surface area contributed by atoms with E-state index < -0.39 is 5.54 Å². The first kappa shape index (κ1) is 17.2. The lowest BCUT2D eigenvalue weighted by molar-refractivity contribution is -0.132. The smallest absolute Gasteiger partial charge is 0.325 e. The summed E-state index contributed by atoms with van der Waals surface area (Å²) >= 11 is 0. The van der Waals surface area contributed by atoms with E-state index in [-0.39, 0.29) is 18.0 Å². The van der Waals surface area contributed by atoms with Crippen LogP contribution in [-0.2, 0) is 4.79 Å². The number of hydrogen-bond donors (Lipinski definition) is 1. The van der Waals surface area contributed by atoms with Gasteiger partial charge in [-0.05, 0) is 44.5 Å². The number of nitriles is 1. The highest BCUT2D eigenvalue weighted by Gasteiger charge is 2.55. The Morgan fingerprint density at radius 2 is 2.04 bits per heavy atom. The van der Waals surface area contributed by atoms with Crippen LogP contribution in [0.2, 0.25) is 0 Å². The van der Waals surface area contributed by atoms with Crippen LogP contribution in [-0.4, -0.2) is 59.6 Å². The fraction of sp³-hybridized carbons (Fsp3) is 0.500. The molecule has 2 saturated heterocycles. The van der Waals surface area contributed by atoms with Gasteiger partial charge < -0.3 is 10.1 Å². The maximum absolute atomic E-state index is 12.6. The Balaban J connectivity index is 1.52. The van der Waals surface area contributed by atoms with Gasteiger partial charge in [0.25, 0.3) is 5.91 Å². The fourth-order valence-electron chi connectivity index (χ4n) is 3.38. The van der Waals surface area contributed by atoms with Gasteiger partial charge in [0.2, 0.25) is 0 Å². The van der Waals surface area contributed by atoms with Crippen molar-refractivity contribution < 1.29 is 14.3 Å². The molecule has 2 aliphatic rings. The number of carbonyl (C=O) groups is 2. The minimum atomic E-state index is -0.782. The number of ether oxygens (including phenoxy) is 1. The van der Waals surface area contributed by atoms with Gasteiger partial charge in [-0.3, -0.25) is 14.6 Å². The molecule has 0 unspecified atom stereocenters. The SMILES string of the molecule is CC(C)N1C(=O)N[C@]2(CCN(CCOc3ccc(C#N)cc3)C2)C1=O. The first-order valence-electron chi connectivity index (χ1n) is 8.46. The van der Waals surface area contributed by atoms with Crippen LogP contribution in [0.3, 0.4) is 0 Å². The minimum Gasteiger partial charge on any atom is -0.492 e. The van der Waals surface area contributed by atoms with Gasteiger partial charge in [0.1, 0.15) is 17.9 Å². The average molecular weight is 342 g/mol. The summed E-state index contributed by atoms with van der Waals surface area (Å²) in [4.78, 5) is 28.2. The monoisotopic (exact) mass is 342 g/mol. The molecule has 132 valence electrons. The lowest BCUT2D eigenvalue weighted by atomic mass is 9.99. The summed E-state index contributed by atoms with van der Waals surface area (Å²) in [7, 11) is 0. The molecule has 1 aromatic carbocycles. The highest BCUT2D eigenvalue weighted by Crippen LogP contribution is 2.29. The van der Waals surface area contributed by atoms with E-state index in [0.29, 0.717) is 37.4 Å². The Labute approximate surface area is 147 Å². The molecule has 7 heteroatoms. The van der Waals surface area contributed by atoms with Gasteiger partial charge in [0.05, 0.1) is 11.6 Å². The lowest BCUT2D eigenvalue weighted by Gasteiger charge is -2.23. The molecule has 2 aliphatic heterocycles. The normalized spacial score (nSPS) is 23.4. The summed E-state index contributed by atoms with van der Waals surface area (Å²) in [6.07, 6.45) is 0.623. The van der Waals surface area contributed by atoms with Crippen molar-refractivity contribution in [2.75, 3.05) is 26.2 Å². The van der Waals surface area contributed by atoms with Crippen molar-refractivity contribution in [1.29, 1.82) is 5.26 Å². The van der Waals surface area contributed by atoms with Gasteiger partial charge in [-0.1, -0.05) is 0 Å². The summed E-state index contributed by atoms with van der Waals surface area (Å²) in [5.41, 5.74) is -0.186. The summed E-state index contributed by atoms with van der Waals surface area (Å²) in [6.45, 7) is 6.10. The van der Waals surface area contributed by atoms with Crippen LogP contribution in [0.4, 0.5) is 4.79 Å². The van der Waals surface area contributed by atoms with Gasteiger partial charge in [-0.2, -0.15) is 5.26 Å². The molecule has 0 aromatic heterocycles. The Kier molecular flexibility index (Phi) is 4.64. The van der Waals surface area contributed by atoms with Crippen molar-refractivity contribution in [3.05, 3.63) is 29.8 Å². The van der Waals surface area contributed by atoms with E-state index in [1.165, 1.54) is 4.90 Å². The second-order valence-corrected chi connectivity index (χ2v) is 6.79. The van der Waals surface area contributed by atoms with Crippen LogP contribution in [0.25, 0.3) is 0 Å². The van der Waals surface area contributed by atoms with Crippen LogP contribution in [0.1, 0.15) is 25.8 Å². The second-order valence-electron chi connectivity index (χ2n) is 6.79. The number of likely N-dealkylation sites (tertiary alicyclic amines) is 1. The van der Waals surface area contributed by atoms with Crippen molar-refractivity contribution in [3.8, 4) is 11.8 Å². The third-order valence-corrected chi connectivity index (χ3v) is 4.72. The van der Waals surface area contributed by atoms with Gasteiger partial charge in [0.15, 0.2) is 0 Å². The van der Waals surface area contributed by atoms with E-state index in [9.17, 15) is 9.59 Å². The predicted molar refractivity (Wildman–Crippen MR) is 91.0 cm³/mol. The number of amides is 3. The van der Waals surface area contributed by atoms with Crippen LogP contribution < -0.4 is 10.1 Å². The highest BCUT2D eigenvalue weighted by atomic mass is 16.5. The summed E-state index contributed by atoms with van der Waals surface area (Å²) in [5.74, 6) is 0.590. The molecule has 25 heavy (non-hydrogen) atoms. The third-order valence-electron chi connectivity index (χ3n) is 4.72. The summed E-state index contributed by atoms with van der Waals surface area (Å²) < 4.78 is 5.69. The maximum atomic E-state index is 12.6. The number of rotatable bonds is 5. The number of imide groups is 1. The molecule has 0 radical (unpaired) electrons. The van der Waals surface area contributed by atoms with Crippen molar-refractivity contribution in [1.82, 2.24) is 15.1 Å². The second kappa shape index (κ2) is 6.73. The summed E-state index contributed by atoms with van der Waals surface area (Å²) in [5, 5.41) is 11.7. The standard InChI is InChI=1S/C18H22N4O3/c1-13(2)22-16(23)18(20-17(22)24)7-8-21(12-18)9-10-25-15-5-3-14(11-19)4-6-15/h3-6,13H,7-10,12H2,1-2H3,(H,20,24)/t18-/m0/s1. The van der Waals surface area contributed by atoms with Gasteiger partial charge >= 0.3 is 6.03 Å². The number of carbonyl (C=O) groups excluding carboxylic acids is 2. The van der Waals surface area contributed by atoms with E-state index in [1.54, 1.807) is 24.3 Å². The molecule has 3 rings (SSSR count). The zero-order valence-electron chi connectivity index (χ0n) is 14.5. The molecular formula is C18H22N4O3. The van der Waals surface area contributed by atoms with Crippen LogP contribution >= 0.6 is 0 Å². The van der Waals surface area contributed by atoms with E-state index in [2.05, 4.69) is 16.3 Å². The van der Waals surface area contributed by atoms with Crippen LogP contribution in [0.15, 0.2) is 24.3 Å². The largest absolute Gasteiger partial charge is 0.492 e. The average Bonchev–Trinajstić information content (AvgIpc) is 3.09. The zero-order valence-corrected chi connectivity index (χ0v) is 14.5. The van der Waals surface area contributed by atoms with Crippen molar-refractivity contribution in [2.45, 2.75) is 31.8 Å². The van der Waals surface area contributed by atoms with E-state index in [1.807, 2.05) is 13.8 Å². The fourth-order valence-corrected chi connectivity index (χ4v) is 3.38. The highest BCUT2D eigenvalue weighted by molar-refractivity contribution is 6.07. The molecule has 1 N–H and O–H groups in total. The Bertz CT molecular complexity index is 710. The third kappa shape index (κ3) is 3.30. The maximum Gasteiger partial charge on any atom is 0.325 e. The quantitative estimate of drug-likeness (QED) is 0.816. The summed E-state index contributed by atoms with van der Waals surface area (Å²) in [6, 6.07) is 8.60. The topological polar surface area (TPSA) is 85.7 Å². The number of urea groups is 1. The van der Waals surface area contributed by atoms with E-state index in [4.69, 9.17) is 10.00 Å². The van der Waals surface area contributed by atoms with E-state index in [0.717, 1.165) is 6.54 Å².